The lowest BCUT2D eigenvalue weighted by atomic mass is 10.1. The van der Waals surface area contributed by atoms with Gasteiger partial charge in [0.25, 0.3) is 5.91 Å². The average Bonchev–Trinajstić information content (AvgIpc) is 3.34. The van der Waals surface area contributed by atoms with Crippen LogP contribution in [-0.4, -0.2) is 33.9 Å². The minimum Gasteiger partial charge on any atom is -0.339 e. The minimum atomic E-state index is 0.0999. The summed E-state index contributed by atoms with van der Waals surface area (Å²) in [6, 6.07) is 23.6. The smallest absolute Gasteiger partial charge is 0.253 e. The molecule has 1 fully saturated rings. The molecule has 0 aliphatic carbocycles. The third-order valence-electron chi connectivity index (χ3n) is 5.49. The first-order chi connectivity index (χ1) is 15.2. The Morgan fingerprint density at radius 1 is 0.903 bits per heavy atom. The predicted molar refractivity (Wildman–Crippen MR) is 128 cm³/mol. The first-order valence-electron chi connectivity index (χ1n) is 10.4. The molecule has 0 unspecified atom stereocenters. The summed E-state index contributed by atoms with van der Waals surface area (Å²) in [4.78, 5) is 24.0. The van der Waals surface area contributed by atoms with E-state index in [0.717, 1.165) is 58.3 Å². The molecule has 154 valence electrons. The molecule has 1 aliphatic heterocycles. The van der Waals surface area contributed by atoms with Crippen molar-refractivity contribution in [2.75, 3.05) is 18.4 Å². The van der Waals surface area contributed by atoms with E-state index >= 15 is 0 Å². The molecule has 1 N–H and O–H groups in total. The Morgan fingerprint density at radius 2 is 1.65 bits per heavy atom. The number of carbonyl (C=O) groups is 1. The monoisotopic (exact) mass is 472 g/mol. The number of halogens is 1. The summed E-state index contributed by atoms with van der Waals surface area (Å²) in [7, 11) is 0. The van der Waals surface area contributed by atoms with Crippen molar-refractivity contribution in [3.63, 3.8) is 0 Å². The molecule has 0 bridgehead atoms. The highest BCUT2D eigenvalue weighted by Crippen LogP contribution is 2.30. The number of aromatic nitrogens is 2. The molecule has 0 atom stereocenters. The summed E-state index contributed by atoms with van der Waals surface area (Å²) in [6.45, 7) is 1.70. The van der Waals surface area contributed by atoms with E-state index in [1.165, 1.54) is 0 Å². The van der Waals surface area contributed by atoms with Gasteiger partial charge in [0.05, 0.1) is 11.2 Å². The lowest BCUT2D eigenvalue weighted by Crippen LogP contribution is -2.27. The molecule has 1 aromatic heterocycles. The van der Waals surface area contributed by atoms with Crippen LogP contribution in [-0.2, 0) is 0 Å². The molecular formula is C25H21BrN4O. The number of amides is 1. The Balaban J connectivity index is 1.46. The third-order valence-corrected chi connectivity index (χ3v) is 5.98. The Kier molecular flexibility index (Phi) is 5.38. The maximum atomic E-state index is 12.6. The number of likely N-dealkylation sites (tertiary alicyclic amines) is 1. The van der Waals surface area contributed by atoms with Gasteiger partial charge >= 0.3 is 0 Å². The number of rotatable bonds is 4. The Hall–Kier alpha value is -3.25. The molecule has 5 nitrogen and oxygen atoms in total. The van der Waals surface area contributed by atoms with Crippen molar-refractivity contribution in [3.8, 4) is 11.3 Å². The lowest BCUT2D eigenvalue weighted by molar-refractivity contribution is 0.0793. The molecule has 6 heteroatoms. The molecule has 2 heterocycles. The fourth-order valence-electron chi connectivity index (χ4n) is 3.90. The second kappa shape index (κ2) is 8.47. The van der Waals surface area contributed by atoms with E-state index in [4.69, 9.17) is 9.97 Å². The van der Waals surface area contributed by atoms with E-state index < -0.39 is 0 Å². The summed E-state index contributed by atoms with van der Waals surface area (Å²) in [5.41, 5.74) is 4.31. The molecule has 1 amide bonds. The van der Waals surface area contributed by atoms with Gasteiger partial charge < -0.3 is 10.2 Å². The Labute approximate surface area is 189 Å². The van der Waals surface area contributed by atoms with Gasteiger partial charge in [-0.3, -0.25) is 4.79 Å². The zero-order valence-electron chi connectivity index (χ0n) is 16.9. The highest BCUT2D eigenvalue weighted by atomic mass is 79.9. The van der Waals surface area contributed by atoms with Crippen molar-refractivity contribution in [2.45, 2.75) is 12.8 Å². The molecular weight excluding hydrogens is 452 g/mol. The molecule has 1 saturated heterocycles. The topological polar surface area (TPSA) is 58.1 Å². The number of anilines is 2. The number of fused-ring (bicyclic) bond motifs is 1. The average molecular weight is 473 g/mol. The second-order valence-electron chi connectivity index (χ2n) is 7.62. The number of benzene rings is 3. The van der Waals surface area contributed by atoms with Crippen LogP contribution in [0.1, 0.15) is 23.2 Å². The maximum Gasteiger partial charge on any atom is 0.253 e. The first-order valence-corrected chi connectivity index (χ1v) is 11.2. The van der Waals surface area contributed by atoms with Crippen molar-refractivity contribution < 1.29 is 4.79 Å². The summed E-state index contributed by atoms with van der Waals surface area (Å²) in [5.74, 6) is 0.621. The molecule has 4 aromatic rings. The zero-order valence-corrected chi connectivity index (χ0v) is 18.5. The highest BCUT2D eigenvalue weighted by molar-refractivity contribution is 9.10. The number of hydrogen-bond acceptors (Lipinski definition) is 4. The SMILES string of the molecule is O=C(c1ccc(Nc2nc(-c3ccccc3)c3cc(Br)ccc3n2)cc1)N1CCCC1. The van der Waals surface area contributed by atoms with E-state index in [-0.39, 0.29) is 5.91 Å². The molecule has 3 aromatic carbocycles. The van der Waals surface area contributed by atoms with Gasteiger partial charge in [0, 0.05) is 39.8 Å². The van der Waals surface area contributed by atoms with Crippen LogP contribution in [0, 0.1) is 0 Å². The summed E-state index contributed by atoms with van der Waals surface area (Å²) < 4.78 is 0.986. The molecule has 0 radical (unpaired) electrons. The van der Waals surface area contributed by atoms with Crippen LogP contribution in [0.2, 0.25) is 0 Å². The Morgan fingerprint density at radius 3 is 2.39 bits per heavy atom. The standard InChI is InChI=1S/C25H21BrN4O/c26-19-10-13-22-21(16-19)23(17-6-2-1-3-7-17)29-25(28-22)27-20-11-8-18(9-12-20)24(31)30-14-4-5-15-30/h1-3,6-13,16H,4-5,14-15H2,(H,27,28,29). The van der Waals surface area contributed by atoms with Gasteiger partial charge in [-0.05, 0) is 55.3 Å². The number of nitrogens with one attached hydrogen (secondary N) is 1. The lowest BCUT2D eigenvalue weighted by Gasteiger charge is -2.15. The van der Waals surface area contributed by atoms with Gasteiger partial charge in [-0.1, -0.05) is 46.3 Å². The second-order valence-corrected chi connectivity index (χ2v) is 8.54. The summed E-state index contributed by atoms with van der Waals surface area (Å²) >= 11 is 3.55. The van der Waals surface area contributed by atoms with Crippen LogP contribution in [0.15, 0.2) is 77.3 Å². The minimum absolute atomic E-state index is 0.0999. The molecule has 0 spiro atoms. The third kappa shape index (κ3) is 4.16. The van der Waals surface area contributed by atoms with E-state index in [1.807, 2.05) is 77.7 Å². The summed E-state index contributed by atoms with van der Waals surface area (Å²) in [5, 5.41) is 4.28. The van der Waals surface area contributed by atoms with Crippen molar-refractivity contribution in [1.29, 1.82) is 0 Å². The molecule has 1 aliphatic rings. The van der Waals surface area contributed by atoms with E-state index in [2.05, 4.69) is 21.2 Å². The van der Waals surface area contributed by atoms with Gasteiger partial charge in [-0.25, -0.2) is 9.97 Å². The summed E-state index contributed by atoms with van der Waals surface area (Å²) in [6.07, 6.45) is 2.18. The maximum absolute atomic E-state index is 12.6. The van der Waals surface area contributed by atoms with Gasteiger partial charge in [0.1, 0.15) is 0 Å². The Bertz CT molecular complexity index is 1240. The van der Waals surface area contributed by atoms with Crippen LogP contribution in [0.25, 0.3) is 22.2 Å². The van der Waals surface area contributed by atoms with E-state index in [0.29, 0.717) is 11.5 Å². The van der Waals surface area contributed by atoms with Crippen LogP contribution in [0.5, 0.6) is 0 Å². The zero-order chi connectivity index (χ0) is 21.2. The predicted octanol–water partition coefficient (Wildman–Crippen LogP) is 6.04. The number of hydrogen-bond donors (Lipinski definition) is 1. The van der Waals surface area contributed by atoms with Crippen molar-refractivity contribution in [3.05, 3.63) is 82.8 Å². The van der Waals surface area contributed by atoms with Crippen molar-refractivity contribution in [1.82, 2.24) is 14.9 Å². The van der Waals surface area contributed by atoms with Crippen LogP contribution >= 0.6 is 15.9 Å². The van der Waals surface area contributed by atoms with Crippen LogP contribution in [0.3, 0.4) is 0 Å². The van der Waals surface area contributed by atoms with Gasteiger partial charge in [-0.15, -0.1) is 0 Å². The van der Waals surface area contributed by atoms with E-state index in [9.17, 15) is 4.79 Å². The van der Waals surface area contributed by atoms with Gasteiger partial charge in [0.2, 0.25) is 5.95 Å². The normalized spacial score (nSPS) is 13.5. The fourth-order valence-corrected chi connectivity index (χ4v) is 4.26. The largest absolute Gasteiger partial charge is 0.339 e. The van der Waals surface area contributed by atoms with Crippen LogP contribution < -0.4 is 5.32 Å². The highest BCUT2D eigenvalue weighted by Gasteiger charge is 2.19. The van der Waals surface area contributed by atoms with Crippen LogP contribution in [0.4, 0.5) is 11.6 Å². The number of carbonyl (C=O) groups excluding carboxylic acids is 1. The molecule has 5 rings (SSSR count). The van der Waals surface area contributed by atoms with Gasteiger partial charge in [0.15, 0.2) is 0 Å². The molecule has 0 saturated carbocycles. The number of nitrogens with zero attached hydrogens (tertiary/aromatic N) is 3. The van der Waals surface area contributed by atoms with Crippen molar-refractivity contribution >= 4 is 44.4 Å². The quantitative estimate of drug-likeness (QED) is 0.393. The van der Waals surface area contributed by atoms with Gasteiger partial charge in [-0.2, -0.15) is 0 Å². The first kappa shape index (κ1) is 19.7. The fraction of sp³-hybridized carbons (Fsp3) is 0.160. The van der Waals surface area contributed by atoms with E-state index in [1.54, 1.807) is 0 Å². The van der Waals surface area contributed by atoms with Crippen molar-refractivity contribution in [2.24, 2.45) is 0 Å². The molecule has 31 heavy (non-hydrogen) atoms.